The number of hydrogen-bond donors (Lipinski definition) is 2. The monoisotopic (exact) mass is 491 g/mol. The summed E-state index contributed by atoms with van der Waals surface area (Å²) in [7, 11) is -3.22. The van der Waals surface area contributed by atoms with Crippen LogP contribution < -0.4 is 24.4 Å². The van der Waals surface area contributed by atoms with E-state index in [0.717, 1.165) is 30.6 Å². The van der Waals surface area contributed by atoms with Gasteiger partial charge in [0.15, 0.2) is 0 Å². The zero-order valence-electron chi connectivity index (χ0n) is 19.9. The van der Waals surface area contributed by atoms with Crippen LogP contribution in [0.1, 0.15) is 29.8 Å². The number of anilines is 2. The number of amides is 1. The van der Waals surface area contributed by atoms with Crippen molar-refractivity contribution in [3.63, 3.8) is 0 Å². The number of ether oxygens (including phenoxy) is 3. The fourth-order valence-corrected chi connectivity index (χ4v) is 4.12. The van der Waals surface area contributed by atoms with Gasteiger partial charge in [-0.1, -0.05) is 12.1 Å². The van der Waals surface area contributed by atoms with Gasteiger partial charge in [0.1, 0.15) is 11.5 Å². The summed E-state index contributed by atoms with van der Waals surface area (Å²) < 4.78 is 42.1. The molecule has 0 aliphatic carbocycles. The summed E-state index contributed by atoms with van der Waals surface area (Å²) >= 11 is 0. The molecule has 0 unspecified atom stereocenters. The Balaban J connectivity index is 1.77. The molecule has 1 aliphatic heterocycles. The van der Waals surface area contributed by atoms with E-state index in [2.05, 4.69) is 14.9 Å². The van der Waals surface area contributed by atoms with Crippen molar-refractivity contribution in [2.75, 3.05) is 62.5 Å². The van der Waals surface area contributed by atoms with Crippen molar-refractivity contribution in [1.82, 2.24) is 4.72 Å². The van der Waals surface area contributed by atoms with Crippen molar-refractivity contribution in [2.45, 2.75) is 20.3 Å². The van der Waals surface area contributed by atoms with Crippen LogP contribution in [0.2, 0.25) is 0 Å². The quantitative estimate of drug-likeness (QED) is 0.498. The van der Waals surface area contributed by atoms with Crippen molar-refractivity contribution in [2.24, 2.45) is 0 Å². The maximum Gasteiger partial charge on any atom is 0.255 e. The maximum atomic E-state index is 13.0. The normalized spacial score (nSPS) is 14.0. The summed E-state index contributed by atoms with van der Waals surface area (Å²) in [6.07, 6.45) is 1.66. The molecule has 9 nitrogen and oxygen atoms in total. The Labute approximate surface area is 201 Å². The molecule has 1 aliphatic rings. The second-order valence-corrected chi connectivity index (χ2v) is 9.68. The van der Waals surface area contributed by atoms with Gasteiger partial charge >= 0.3 is 0 Å². The van der Waals surface area contributed by atoms with Crippen LogP contribution >= 0.6 is 0 Å². The van der Waals surface area contributed by atoms with E-state index >= 15 is 0 Å². The third-order valence-corrected chi connectivity index (χ3v) is 5.98. The van der Waals surface area contributed by atoms with Gasteiger partial charge in [-0.2, -0.15) is 0 Å². The Morgan fingerprint density at radius 1 is 1.03 bits per heavy atom. The Morgan fingerprint density at radius 3 is 2.29 bits per heavy atom. The summed E-state index contributed by atoms with van der Waals surface area (Å²) in [5, 5.41) is 2.94. The molecule has 186 valence electrons. The van der Waals surface area contributed by atoms with Gasteiger partial charge in [-0.25, -0.2) is 13.1 Å². The average Bonchev–Trinajstić information content (AvgIpc) is 2.81. The first kappa shape index (κ1) is 25.8. The van der Waals surface area contributed by atoms with Crippen LogP contribution in [0, 0.1) is 0 Å². The van der Waals surface area contributed by atoms with Gasteiger partial charge in [0, 0.05) is 37.3 Å². The van der Waals surface area contributed by atoms with Crippen LogP contribution in [0.15, 0.2) is 36.4 Å². The highest BCUT2D eigenvalue weighted by Gasteiger charge is 2.20. The molecule has 1 fully saturated rings. The first-order valence-corrected chi connectivity index (χ1v) is 13.3. The third-order valence-electron chi connectivity index (χ3n) is 5.25. The smallest absolute Gasteiger partial charge is 0.255 e. The molecule has 0 saturated carbocycles. The number of rotatable bonds is 11. The lowest BCUT2D eigenvalue weighted by molar-refractivity contribution is 0.102. The first-order chi connectivity index (χ1) is 16.3. The number of carbonyl (C=O) groups is 1. The largest absolute Gasteiger partial charge is 0.492 e. The Bertz CT molecular complexity index is 1070. The van der Waals surface area contributed by atoms with E-state index in [4.69, 9.17) is 14.2 Å². The van der Waals surface area contributed by atoms with Crippen molar-refractivity contribution in [3.05, 3.63) is 47.5 Å². The summed E-state index contributed by atoms with van der Waals surface area (Å²) in [6.45, 7) is 7.87. The molecule has 1 saturated heterocycles. The summed E-state index contributed by atoms with van der Waals surface area (Å²) in [5.74, 6) is 0.976. The lowest BCUT2D eigenvalue weighted by atomic mass is 10.1. The number of benzene rings is 2. The van der Waals surface area contributed by atoms with E-state index in [1.54, 1.807) is 12.1 Å². The first-order valence-electron chi connectivity index (χ1n) is 11.4. The number of nitrogens with one attached hydrogen (secondary N) is 2. The van der Waals surface area contributed by atoms with Crippen LogP contribution in [0.5, 0.6) is 11.5 Å². The van der Waals surface area contributed by atoms with Gasteiger partial charge in [0.2, 0.25) is 10.0 Å². The van der Waals surface area contributed by atoms with E-state index in [1.807, 2.05) is 38.1 Å². The zero-order chi connectivity index (χ0) is 24.6. The molecule has 0 aromatic heterocycles. The average molecular weight is 492 g/mol. The van der Waals surface area contributed by atoms with Gasteiger partial charge < -0.3 is 24.4 Å². The molecule has 2 N–H and O–H groups in total. The van der Waals surface area contributed by atoms with E-state index < -0.39 is 10.0 Å². The second kappa shape index (κ2) is 12.0. The predicted molar refractivity (Wildman–Crippen MR) is 133 cm³/mol. The minimum atomic E-state index is -3.22. The van der Waals surface area contributed by atoms with Crippen LogP contribution in [-0.4, -0.2) is 66.6 Å². The molecule has 0 bridgehead atoms. The molecule has 0 atom stereocenters. The number of morpholine rings is 1. The van der Waals surface area contributed by atoms with Crippen molar-refractivity contribution >= 4 is 27.3 Å². The SMILES string of the molecule is CCOc1cc(N2CCOCC2)c(OCC)cc1NC(=O)c1ccc(CCNS(C)(=O)=O)cc1. The zero-order valence-corrected chi connectivity index (χ0v) is 20.7. The number of carbonyl (C=O) groups excluding carboxylic acids is 1. The topological polar surface area (TPSA) is 106 Å². The lowest BCUT2D eigenvalue weighted by Crippen LogP contribution is -2.36. The number of nitrogens with zero attached hydrogens (tertiary/aromatic N) is 1. The van der Waals surface area contributed by atoms with Gasteiger partial charge in [-0.15, -0.1) is 0 Å². The number of sulfonamides is 1. The molecule has 3 rings (SSSR count). The van der Waals surface area contributed by atoms with Crippen molar-refractivity contribution in [3.8, 4) is 11.5 Å². The molecule has 10 heteroatoms. The van der Waals surface area contributed by atoms with E-state index in [9.17, 15) is 13.2 Å². The summed E-state index contributed by atoms with van der Waals surface area (Å²) in [6, 6.07) is 10.8. The number of hydrogen-bond acceptors (Lipinski definition) is 7. The lowest BCUT2D eigenvalue weighted by Gasteiger charge is -2.31. The molecule has 0 radical (unpaired) electrons. The molecule has 1 amide bonds. The molecule has 0 spiro atoms. The van der Waals surface area contributed by atoms with Crippen molar-refractivity contribution in [1.29, 1.82) is 0 Å². The van der Waals surface area contributed by atoms with E-state index in [0.29, 0.717) is 62.1 Å². The molecule has 1 heterocycles. The second-order valence-electron chi connectivity index (χ2n) is 7.85. The molecule has 2 aromatic carbocycles. The minimum absolute atomic E-state index is 0.275. The van der Waals surface area contributed by atoms with Gasteiger partial charge in [0.25, 0.3) is 5.91 Å². The Hall–Kier alpha value is -2.82. The maximum absolute atomic E-state index is 13.0. The Morgan fingerprint density at radius 2 is 1.68 bits per heavy atom. The van der Waals surface area contributed by atoms with Gasteiger partial charge in [-0.3, -0.25) is 4.79 Å². The van der Waals surface area contributed by atoms with Crippen LogP contribution in [0.4, 0.5) is 11.4 Å². The molecular weight excluding hydrogens is 458 g/mol. The third kappa shape index (κ3) is 7.34. The van der Waals surface area contributed by atoms with Crippen LogP contribution in [0.3, 0.4) is 0 Å². The standard InChI is InChI=1S/C24H33N3O6S/c1-4-32-22-17-21(27-12-14-31-15-13-27)23(33-5-2)16-20(22)26-24(28)19-8-6-18(7-9-19)10-11-25-34(3,29)30/h6-9,16-17,25H,4-5,10-15H2,1-3H3,(H,26,28). The van der Waals surface area contributed by atoms with E-state index in [1.165, 1.54) is 0 Å². The predicted octanol–water partition coefficient (Wildman–Crippen LogP) is 2.66. The van der Waals surface area contributed by atoms with Crippen LogP contribution in [-0.2, 0) is 21.2 Å². The fraction of sp³-hybridized carbons (Fsp3) is 0.458. The molecule has 34 heavy (non-hydrogen) atoms. The highest BCUT2D eigenvalue weighted by molar-refractivity contribution is 7.88. The Kier molecular flexibility index (Phi) is 9.14. The van der Waals surface area contributed by atoms with Gasteiger partial charge in [-0.05, 0) is 38.0 Å². The highest BCUT2D eigenvalue weighted by atomic mass is 32.2. The molecular formula is C24H33N3O6S. The summed E-state index contributed by atoms with van der Waals surface area (Å²) in [5.41, 5.74) is 2.86. The highest BCUT2D eigenvalue weighted by Crippen LogP contribution is 2.39. The minimum Gasteiger partial charge on any atom is -0.492 e. The van der Waals surface area contributed by atoms with Crippen molar-refractivity contribution < 1.29 is 27.4 Å². The van der Waals surface area contributed by atoms with Crippen LogP contribution in [0.25, 0.3) is 0 Å². The summed E-state index contributed by atoms with van der Waals surface area (Å²) in [4.78, 5) is 15.2. The van der Waals surface area contributed by atoms with E-state index in [-0.39, 0.29) is 5.91 Å². The molecule has 2 aromatic rings. The fourth-order valence-electron chi connectivity index (χ4n) is 3.64. The van der Waals surface area contributed by atoms with Gasteiger partial charge in [0.05, 0.1) is 44.1 Å².